The van der Waals surface area contributed by atoms with Gasteiger partial charge in [-0.3, -0.25) is 39.1 Å². The number of piperidine rings is 3. The predicted octanol–water partition coefficient (Wildman–Crippen LogP) is 4.69. The fraction of sp³-hybridized carbons (Fsp3) is 0.489. The molecule has 324 valence electrons. The van der Waals surface area contributed by atoms with Crippen LogP contribution in [0.25, 0.3) is 0 Å². The second kappa shape index (κ2) is 16.0. The number of nitrogens with one attached hydrogen (secondary N) is 1. The van der Waals surface area contributed by atoms with Crippen molar-refractivity contribution in [3.63, 3.8) is 0 Å². The number of pyridine rings is 1. The Labute approximate surface area is 357 Å². The number of anilines is 3. The monoisotopic (exact) mass is 851 g/mol. The number of carbonyl (C=O) groups is 5. The van der Waals surface area contributed by atoms with Crippen molar-refractivity contribution in [2.75, 3.05) is 73.6 Å². The summed E-state index contributed by atoms with van der Waals surface area (Å²) in [7, 11) is 0. The van der Waals surface area contributed by atoms with Crippen molar-refractivity contribution in [2.24, 2.45) is 5.41 Å². The van der Waals surface area contributed by atoms with E-state index in [1.165, 1.54) is 6.20 Å². The van der Waals surface area contributed by atoms with Crippen LogP contribution in [0.1, 0.15) is 94.2 Å². The van der Waals surface area contributed by atoms with Crippen molar-refractivity contribution in [1.82, 2.24) is 25.0 Å². The molecule has 62 heavy (non-hydrogen) atoms. The second-order valence-electron chi connectivity index (χ2n) is 17.4. The van der Waals surface area contributed by atoms with E-state index in [9.17, 15) is 42.4 Å². The Bertz CT molecular complexity index is 2340. The molecule has 6 aliphatic heterocycles. The fourth-order valence-corrected chi connectivity index (χ4v) is 10.7. The van der Waals surface area contributed by atoms with Crippen LogP contribution in [0, 0.1) is 16.7 Å². The number of imide groups is 2. The number of carbonyl (C=O) groups excluding carboxylic acids is 5. The topological polar surface area (TPSA) is 154 Å². The van der Waals surface area contributed by atoms with E-state index in [2.05, 4.69) is 31.9 Å². The molecule has 3 aromatic rings. The molecule has 0 bridgehead atoms. The highest BCUT2D eigenvalue weighted by atomic mass is 19.4. The lowest BCUT2D eigenvalue weighted by molar-refractivity contribution is -0.138. The van der Waals surface area contributed by atoms with Crippen molar-refractivity contribution in [3.8, 4) is 6.07 Å². The summed E-state index contributed by atoms with van der Waals surface area (Å²) >= 11 is 0. The van der Waals surface area contributed by atoms with E-state index in [4.69, 9.17) is 0 Å². The number of nitriles is 1. The zero-order valence-electron chi connectivity index (χ0n) is 34.5. The molecule has 2 unspecified atom stereocenters. The molecule has 9 rings (SSSR count). The van der Waals surface area contributed by atoms with Crippen molar-refractivity contribution in [2.45, 2.75) is 76.2 Å². The van der Waals surface area contributed by atoms with Gasteiger partial charge in [-0.15, -0.1) is 0 Å². The van der Waals surface area contributed by atoms with Gasteiger partial charge < -0.3 is 19.6 Å². The fourth-order valence-electron chi connectivity index (χ4n) is 10.7. The lowest BCUT2D eigenvalue weighted by atomic mass is 9.73. The highest BCUT2D eigenvalue weighted by molar-refractivity contribution is 6.23. The molecule has 5 saturated heterocycles. The highest BCUT2D eigenvalue weighted by Crippen LogP contribution is 2.48. The smallest absolute Gasteiger partial charge is 0.371 e. The number of amides is 5. The predicted molar refractivity (Wildman–Crippen MR) is 222 cm³/mol. The summed E-state index contributed by atoms with van der Waals surface area (Å²) in [5.74, 6) is -2.06. The van der Waals surface area contributed by atoms with E-state index in [0.29, 0.717) is 36.9 Å². The van der Waals surface area contributed by atoms with Gasteiger partial charge in [0.05, 0.1) is 28.6 Å². The Hall–Kier alpha value is -6.02. The van der Waals surface area contributed by atoms with Crippen molar-refractivity contribution >= 4 is 46.6 Å². The third-order valence-electron chi connectivity index (χ3n) is 14.4. The molecule has 17 heteroatoms. The first-order chi connectivity index (χ1) is 29.7. The number of alkyl halides is 3. The zero-order valence-corrected chi connectivity index (χ0v) is 34.5. The van der Waals surface area contributed by atoms with E-state index >= 15 is 0 Å². The molecule has 0 aliphatic carbocycles. The highest BCUT2D eigenvalue weighted by Gasteiger charge is 2.48. The van der Waals surface area contributed by atoms with Crippen molar-refractivity contribution in [3.05, 3.63) is 82.7 Å². The van der Waals surface area contributed by atoms with Gasteiger partial charge >= 0.3 is 6.18 Å². The number of hydrogen-bond acceptors (Lipinski definition) is 11. The molecule has 6 aliphatic rings. The number of rotatable bonds is 6. The second-order valence-corrected chi connectivity index (χ2v) is 17.4. The summed E-state index contributed by atoms with van der Waals surface area (Å²) < 4.78 is 41.0. The Kier molecular flexibility index (Phi) is 10.7. The Balaban J connectivity index is 0.740. The molecule has 5 fully saturated rings. The molecule has 0 saturated carbocycles. The molecule has 14 nitrogen and oxygen atoms in total. The molecular weight excluding hydrogens is 804 g/mol. The van der Waals surface area contributed by atoms with Gasteiger partial charge in [0.25, 0.3) is 17.7 Å². The molecule has 1 spiro atoms. The number of nitrogens with zero attached hydrogens (tertiary/aromatic N) is 8. The Morgan fingerprint density at radius 2 is 1.44 bits per heavy atom. The standard InChI is InChI=1S/C45H48F3N9O5/c1-28-44(14-19-56(28)33-25-36(45(46,47)48)37(26-49)50-27-33)12-17-53(18-13-44)30-4-2-29(3-5-30)41(60)55-22-20-54(21-23-55)31-10-15-52(16-11-31)32-6-7-34-35(24-32)43(62)57(42(34)61)38-8-9-39(58)51-40(38)59/h2-7,24-25,27-28,31,38H,8-23H2,1H3,(H,51,58,59). The molecule has 5 amide bonds. The van der Waals surface area contributed by atoms with E-state index in [0.717, 1.165) is 93.7 Å². The third-order valence-corrected chi connectivity index (χ3v) is 14.4. The average Bonchev–Trinajstić information content (AvgIpc) is 3.73. The summed E-state index contributed by atoms with van der Waals surface area (Å²) in [5, 5.41) is 11.4. The van der Waals surface area contributed by atoms with Crippen LogP contribution >= 0.6 is 0 Å². The van der Waals surface area contributed by atoms with Gasteiger partial charge in [0.2, 0.25) is 11.8 Å². The van der Waals surface area contributed by atoms with Crippen LogP contribution < -0.4 is 20.0 Å². The van der Waals surface area contributed by atoms with Crippen molar-refractivity contribution < 1.29 is 37.1 Å². The zero-order chi connectivity index (χ0) is 43.5. The van der Waals surface area contributed by atoms with Crippen LogP contribution in [0.5, 0.6) is 0 Å². The van der Waals surface area contributed by atoms with E-state index in [1.54, 1.807) is 18.2 Å². The summed E-state index contributed by atoms with van der Waals surface area (Å²) in [6, 6.07) is 15.0. The van der Waals surface area contributed by atoms with Crippen LogP contribution in [0.2, 0.25) is 0 Å². The van der Waals surface area contributed by atoms with Crippen LogP contribution in [0.3, 0.4) is 0 Å². The quantitative estimate of drug-likeness (QED) is 0.344. The minimum absolute atomic E-state index is 0.00858. The maximum Gasteiger partial charge on any atom is 0.419 e. The first-order valence-corrected chi connectivity index (χ1v) is 21.5. The number of aromatic nitrogens is 1. The first-order valence-electron chi connectivity index (χ1n) is 21.5. The largest absolute Gasteiger partial charge is 0.419 e. The van der Waals surface area contributed by atoms with Gasteiger partial charge in [0.1, 0.15) is 12.1 Å². The SMILES string of the molecule is CC1N(c2cnc(C#N)c(C(F)(F)F)c2)CCC12CCN(c1ccc(C(=O)N3CCN(C4CCN(c5ccc6c(c5)C(=O)N(C5CCC(=O)NC5=O)C6=O)CC4)CC3)cc1)CC2. The summed E-state index contributed by atoms with van der Waals surface area (Å²) in [6.45, 7) is 8.64. The lowest BCUT2D eigenvalue weighted by Gasteiger charge is -2.44. The molecule has 1 N–H and O–H groups in total. The van der Waals surface area contributed by atoms with E-state index in [-0.39, 0.29) is 41.3 Å². The van der Waals surface area contributed by atoms with Gasteiger partial charge in [0, 0.05) is 94.3 Å². The maximum atomic E-state index is 13.7. The molecule has 0 radical (unpaired) electrons. The van der Waals surface area contributed by atoms with Gasteiger partial charge in [-0.1, -0.05) is 0 Å². The first kappa shape index (κ1) is 41.3. The van der Waals surface area contributed by atoms with Gasteiger partial charge in [-0.2, -0.15) is 18.4 Å². The van der Waals surface area contributed by atoms with E-state index in [1.807, 2.05) is 40.1 Å². The molecular formula is C45H48F3N9O5. The van der Waals surface area contributed by atoms with Crippen LogP contribution in [0.4, 0.5) is 30.2 Å². The normalized spacial score (nSPS) is 23.6. The van der Waals surface area contributed by atoms with Crippen LogP contribution in [-0.2, 0) is 15.8 Å². The number of fused-ring (bicyclic) bond motifs is 1. The summed E-state index contributed by atoms with van der Waals surface area (Å²) in [5.41, 5.74) is 1.81. The van der Waals surface area contributed by atoms with Gasteiger partial charge in [0.15, 0.2) is 5.69 Å². The Morgan fingerprint density at radius 3 is 2.10 bits per heavy atom. The molecule has 1 aromatic heterocycles. The third kappa shape index (κ3) is 7.41. The van der Waals surface area contributed by atoms with Gasteiger partial charge in [-0.25, -0.2) is 4.98 Å². The minimum atomic E-state index is -4.66. The number of benzene rings is 2. The maximum absolute atomic E-state index is 13.7. The molecule has 2 aromatic carbocycles. The van der Waals surface area contributed by atoms with Crippen LogP contribution in [0.15, 0.2) is 54.7 Å². The number of hydrogen-bond donors (Lipinski definition) is 1. The number of halogens is 3. The molecule has 2 atom stereocenters. The van der Waals surface area contributed by atoms with Gasteiger partial charge in [-0.05, 0) is 99.4 Å². The lowest BCUT2D eigenvalue weighted by Crippen LogP contribution is -2.54. The minimum Gasteiger partial charge on any atom is -0.371 e. The van der Waals surface area contributed by atoms with Crippen molar-refractivity contribution in [1.29, 1.82) is 5.26 Å². The number of piperazine rings is 1. The van der Waals surface area contributed by atoms with E-state index < -0.39 is 47.1 Å². The average molecular weight is 852 g/mol. The Morgan fingerprint density at radius 1 is 0.790 bits per heavy atom. The molecule has 7 heterocycles. The van der Waals surface area contributed by atoms with Crippen LogP contribution in [-0.4, -0.2) is 126 Å². The summed E-state index contributed by atoms with van der Waals surface area (Å²) in [6.07, 6.45) is 1.36. The summed E-state index contributed by atoms with van der Waals surface area (Å²) in [4.78, 5) is 79.9.